The maximum Gasteiger partial charge on any atom is 0.320 e. The summed E-state index contributed by atoms with van der Waals surface area (Å²) >= 11 is 0. The molecule has 0 unspecified atom stereocenters. The Hall–Kier alpha value is -2.84. The average molecular weight is 457 g/mol. The second-order valence-electron chi connectivity index (χ2n) is 10.9. The molecule has 1 spiro atoms. The van der Waals surface area contributed by atoms with Crippen LogP contribution >= 0.6 is 0 Å². The second-order valence-corrected chi connectivity index (χ2v) is 10.9. The Labute approximate surface area is 204 Å². The summed E-state index contributed by atoms with van der Waals surface area (Å²) in [4.78, 5) is 20.5. The molecule has 2 aromatic rings. The molecule has 2 aromatic carbocycles. The van der Waals surface area contributed by atoms with E-state index in [0.717, 1.165) is 44.3 Å². The fourth-order valence-electron chi connectivity index (χ4n) is 6.42. The largest absolute Gasteiger partial charge is 0.320 e. The van der Waals surface area contributed by atoms with Gasteiger partial charge in [0.2, 0.25) is 0 Å². The molecular formula is C29H36N4O. The van der Waals surface area contributed by atoms with Gasteiger partial charge in [0.1, 0.15) is 0 Å². The summed E-state index contributed by atoms with van der Waals surface area (Å²) in [5.74, 6) is 0.658. The number of hydrogen-bond donors (Lipinski definition) is 0. The van der Waals surface area contributed by atoms with Gasteiger partial charge in [-0.3, -0.25) is 4.90 Å². The predicted molar refractivity (Wildman–Crippen MR) is 134 cm³/mol. The normalized spacial score (nSPS) is 27.3. The summed E-state index contributed by atoms with van der Waals surface area (Å²) in [6, 6.07) is 21.0. The van der Waals surface area contributed by atoms with Gasteiger partial charge in [-0.15, -0.1) is 0 Å². The molecule has 1 saturated heterocycles. The number of hydrogen-bond acceptors (Lipinski definition) is 3. The Kier molecular flexibility index (Phi) is 6.12. The van der Waals surface area contributed by atoms with Crippen LogP contribution in [0.5, 0.6) is 0 Å². The zero-order valence-electron chi connectivity index (χ0n) is 20.5. The Morgan fingerprint density at radius 3 is 2.24 bits per heavy atom. The molecular weight excluding hydrogens is 420 g/mol. The van der Waals surface area contributed by atoms with Gasteiger partial charge in [-0.2, -0.15) is 5.26 Å². The van der Waals surface area contributed by atoms with E-state index in [9.17, 15) is 4.79 Å². The van der Waals surface area contributed by atoms with Crippen molar-refractivity contribution in [1.82, 2.24) is 14.7 Å². The SMILES string of the molecule is CN(C)[C@]1(c2ccccc2)CC[C@@]2(CC1)CN(Cc1ccc(C#N)cc1)C(=O)N2CC1CCC1. The second kappa shape index (κ2) is 9.07. The van der Waals surface area contributed by atoms with E-state index < -0.39 is 0 Å². The van der Waals surface area contributed by atoms with E-state index in [1.807, 2.05) is 24.3 Å². The molecule has 0 aromatic heterocycles. The number of rotatable bonds is 6. The van der Waals surface area contributed by atoms with Crippen LogP contribution in [0.4, 0.5) is 4.79 Å². The van der Waals surface area contributed by atoms with Gasteiger partial charge in [-0.05, 0) is 81.8 Å². The van der Waals surface area contributed by atoms with Crippen LogP contribution in [0, 0.1) is 17.2 Å². The monoisotopic (exact) mass is 456 g/mol. The zero-order chi connectivity index (χ0) is 23.8. The van der Waals surface area contributed by atoms with Crippen molar-refractivity contribution in [3.05, 3.63) is 71.3 Å². The Bertz CT molecular complexity index is 1040. The highest BCUT2D eigenvalue weighted by Gasteiger charge is 2.54. The van der Waals surface area contributed by atoms with Crippen molar-refractivity contribution in [2.24, 2.45) is 5.92 Å². The molecule has 5 heteroatoms. The Morgan fingerprint density at radius 1 is 1.00 bits per heavy atom. The van der Waals surface area contributed by atoms with Crippen LogP contribution in [0.2, 0.25) is 0 Å². The van der Waals surface area contributed by atoms with Gasteiger partial charge in [-0.25, -0.2) is 4.79 Å². The summed E-state index contributed by atoms with van der Waals surface area (Å²) in [6.45, 7) is 2.32. The fourth-order valence-corrected chi connectivity index (χ4v) is 6.42. The first-order valence-electron chi connectivity index (χ1n) is 12.7. The predicted octanol–water partition coefficient (Wildman–Crippen LogP) is 5.37. The molecule has 2 amide bonds. The number of carbonyl (C=O) groups is 1. The first kappa shape index (κ1) is 22.9. The van der Waals surface area contributed by atoms with Crippen LogP contribution in [-0.2, 0) is 12.1 Å². The van der Waals surface area contributed by atoms with Crippen molar-refractivity contribution in [1.29, 1.82) is 5.26 Å². The van der Waals surface area contributed by atoms with Crippen molar-refractivity contribution in [3.63, 3.8) is 0 Å². The van der Waals surface area contributed by atoms with Gasteiger partial charge in [0, 0.05) is 25.2 Å². The van der Waals surface area contributed by atoms with Crippen molar-refractivity contribution in [2.75, 3.05) is 27.2 Å². The standard InChI is InChI=1S/C29H36N4O/c1-31(2)29(26-9-4-3-5-10-26)17-15-28(16-18-29)22-32(20-25-13-11-23(19-30)12-14-25)27(34)33(28)21-24-7-6-8-24/h3-5,9-14,24H,6-8,15-18,20-22H2,1-2H3/t28-,29-. The Balaban J connectivity index is 1.39. The lowest BCUT2D eigenvalue weighted by molar-refractivity contribution is 0.0159. The lowest BCUT2D eigenvalue weighted by Crippen LogP contribution is -2.56. The van der Waals surface area contributed by atoms with Crippen LogP contribution in [0.25, 0.3) is 0 Å². The molecule has 5 rings (SSSR count). The van der Waals surface area contributed by atoms with E-state index in [1.165, 1.54) is 24.8 Å². The molecule has 178 valence electrons. The molecule has 1 heterocycles. The van der Waals surface area contributed by atoms with E-state index in [2.05, 4.69) is 65.2 Å². The third kappa shape index (κ3) is 3.99. The van der Waals surface area contributed by atoms with Gasteiger partial charge >= 0.3 is 6.03 Å². The molecule has 3 fully saturated rings. The van der Waals surface area contributed by atoms with E-state index in [4.69, 9.17) is 5.26 Å². The third-order valence-electron chi connectivity index (χ3n) is 8.86. The molecule has 5 nitrogen and oxygen atoms in total. The maximum atomic E-state index is 13.7. The number of carbonyl (C=O) groups excluding carboxylic acids is 1. The topological polar surface area (TPSA) is 50.6 Å². The van der Waals surface area contributed by atoms with Gasteiger partial charge in [0.15, 0.2) is 0 Å². The maximum absolute atomic E-state index is 13.7. The third-order valence-corrected chi connectivity index (χ3v) is 8.86. The molecule has 2 saturated carbocycles. The number of nitrogens with zero attached hydrogens (tertiary/aromatic N) is 4. The summed E-state index contributed by atoms with van der Waals surface area (Å²) in [7, 11) is 4.41. The van der Waals surface area contributed by atoms with E-state index in [1.54, 1.807) is 0 Å². The minimum atomic E-state index is -0.0758. The number of benzene rings is 2. The molecule has 0 N–H and O–H groups in total. The van der Waals surface area contributed by atoms with Crippen molar-refractivity contribution >= 4 is 6.03 Å². The molecule has 1 aliphatic heterocycles. The van der Waals surface area contributed by atoms with Crippen LogP contribution in [0.3, 0.4) is 0 Å². The van der Waals surface area contributed by atoms with Gasteiger partial charge < -0.3 is 9.80 Å². The Morgan fingerprint density at radius 2 is 1.68 bits per heavy atom. The van der Waals surface area contributed by atoms with Crippen molar-refractivity contribution in [3.8, 4) is 6.07 Å². The number of amides is 2. The highest BCUT2D eigenvalue weighted by molar-refractivity contribution is 5.78. The highest BCUT2D eigenvalue weighted by Crippen LogP contribution is 2.49. The lowest BCUT2D eigenvalue weighted by atomic mass is 9.68. The van der Waals surface area contributed by atoms with Crippen LogP contribution < -0.4 is 0 Å². The van der Waals surface area contributed by atoms with Crippen molar-refractivity contribution in [2.45, 2.75) is 62.6 Å². The first-order valence-corrected chi connectivity index (χ1v) is 12.7. The molecule has 0 radical (unpaired) electrons. The summed E-state index contributed by atoms with van der Waals surface area (Å²) in [6.07, 6.45) is 7.98. The smallest absolute Gasteiger partial charge is 0.318 e. The summed E-state index contributed by atoms with van der Waals surface area (Å²) in [5.41, 5.74) is 3.09. The lowest BCUT2D eigenvalue weighted by Gasteiger charge is -2.51. The summed E-state index contributed by atoms with van der Waals surface area (Å²) in [5, 5.41) is 9.11. The van der Waals surface area contributed by atoms with E-state index >= 15 is 0 Å². The van der Waals surface area contributed by atoms with Gasteiger partial charge in [-0.1, -0.05) is 48.9 Å². The first-order chi connectivity index (χ1) is 16.5. The molecule has 2 aliphatic carbocycles. The van der Waals surface area contributed by atoms with Gasteiger partial charge in [0.25, 0.3) is 0 Å². The van der Waals surface area contributed by atoms with Crippen LogP contribution in [0.1, 0.15) is 61.6 Å². The van der Waals surface area contributed by atoms with Crippen LogP contribution in [0.15, 0.2) is 54.6 Å². The quantitative estimate of drug-likeness (QED) is 0.587. The highest BCUT2D eigenvalue weighted by atomic mass is 16.2. The fraction of sp³-hybridized carbons (Fsp3) is 0.517. The number of nitriles is 1. The minimum absolute atomic E-state index is 0.0260. The molecule has 3 aliphatic rings. The van der Waals surface area contributed by atoms with E-state index in [0.29, 0.717) is 18.0 Å². The molecule has 0 bridgehead atoms. The molecule has 34 heavy (non-hydrogen) atoms. The average Bonchev–Trinajstić information content (AvgIpc) is 3.08. The van der Waals surface area contributed by atoms with Gasteiger partial charge in [0.05, 0.1) is 17.2 Å². The van der Waals surface area contributed by atoms with E-state index in [-0.39, 0.29) is 17.1 Å². The zero-order valence-corrected chi connectivity index (χ0v) is 20.5. The molecule has 0 atom stereocenters. The minimum Gasteiger partial charge on any atom is -0.318 e. The van der Waals surface area contributed by atoms with Crippen molar-refractivity contribution < 1.29 is 4.79 Å². The number of urea groups is 1. The van der Waals surface area contributed by atoms with Crippen LogP contribution in [-0.4, -0.2) is 53.5 Å². The summed E-state index contributed by atoms with van der Waals surface area (Å²) < 4.78 is 0.